The molecule has 1 atom stereocenters. The Bertz CT molecular complexity index is 347. The molecule has 0 saturated carbocycles. The SMILES string of the molecule is CCCN(Cc1cc(Br)cs1)CC1CCCNC1. The highest BCUT2D eigenvalue weighted by molar-refractivity contribution is 9.10. The van der Waals surface area contributed by atoms with E-state index in [4.69, 9.17) is 0 Å². The van der Waals surface area contributed by atoms with Crippen LogP contribution < -0.4 is 5.32 Å². The van der Waals surface area contributed by atoms with Crippen molar-refractivity contribution in [2.45, 2.75) is 32.7 Å². The van der Waals surface area contributed by atoms with Gasteiger partial charge in [-0.3, -0.25) is 4.90 Å². The molecule has 1 unspecified atom stereocenters. The maximum absolute atomic E-state index is 3.54. The lowest BCUT2D eigenvalue weighted by Crippen LogP contribution is -2.38. The van der Waals surface area contributed by atoms with E-state index in [2.05, 4.69) is 44.5 Å². The monoisotopic (exact) mass is 330 g/mol. The Morgan fingerprint density at radius 2 is 2.44 bits per heavy atom. The van der Waals surface area contributed by atoms with E-state index in [1.165, 1.54) is 54.8 Å². The van der Waals surface area contributed by atoms with Gasteiger partial charge in [-0.15, -0.1) is 11.3 Å². The molecule has 2 nitrogen and oxygen atoms in total. The first-order valence-electron chi connectivity index (χ1n) is 6.94. The Balaban J connectivity index is 1.86. The predicted molar refractivity (Wildman–Crippen MR) is 83.2 cm³/mol. The molecule has 0 radical (unpaired) electrons. The van der Waals surface area contributed by atoms with Crippen molar-refractivity contribution in [2.24, 2.45) is 5.92 Å². The summed E-state index contributed by atoms with van der Waals surface area (Å²) >= 11 is 5.40. The van der Waals surface area contributed by atoms with Gasteiger partial charge >= 0.3 is 0 Å². The molecule has 1 aliphatic rings. The topological polar surface area (TPSA) is 15.3 Å². The van der Waals surface area contributed by atoms with Gasteiger partial charge in [0.1, 0.15) is 0 Å². The van der Waals surface area contributed by atoms with Gasteiger partial charge in [0.05, 0.1) is 0 Å². The summed E-state index contributed by atoms with van der Waals surface area (Å²) in [6.45, 7) is 8.26. The fourth-order valence-electron chi connectivity index (χ4n) is 2.65. The lowest BCUT2D eigenvalue weighted by molar-refractivity contribution is 0.203. The zero-order valence-corrected chi connectivity index (χ0v) is 13.5. The molecule has 0 amide bonds. The highest BCUT2D eigenvalue weighted by Crippen LogP contribution is 2.22. The summed E-state index contributed by atoms with van der Waals surface area (Å²) in [4.78, 5) is 4.09. The fourth-order valence-corrected chi connectivity index (χ4v) is 4.15. The fraction of sp³-hybridized carbons (Fsp3) is 0.714. The Hall–Kier alpha value is 0.1000. The van der Waals surface area contributed by atoms with Gasteiger partial charge in [-0.05, 0) is 66.8 Å². The minimum atomic E-state index is 0.841. The minimum absolute atomic E-state index is 0.841. The third-order valence-electron chi connectivity index (χ3n) is 3.46. The quantitative estimate of drug-likeness (QED) is 0.855. The highest BCUT2D eigenvalue weighted by Gasteiger charge is 2.17. The third kappa shape index (κ3) is 4.65. The first-order valence-corrected chi connectivity index (χ1v) is 8.61. The van der Waals surface area contributed by atoms with Crippen molar-refractivity contribution in [3.05, 3.63) is 20.8 Å². The number of thiophene rings is 1. The lowest BCUT2D eigenvalue weighted by atomic mass is 9.99. The lowest BCUT2D eigenvalue weighted by Gasteiger charge is -2.29. The number of nitrogens with zero attached hydrogens (tertiary/aromatic N) is 1. The normalized spacial score (nSPS) is 20.5. The second kappa shape index (κ2) is 7.63. The summed E-state index contributed by atoms with van der Waals surface area (Å²) in [5.74, 6) is 0.841. The van der Waals surface area contributed by atoms with Crippen LogP contribution in [-0.2, 0) is 6.54 Å². The zero-order valence-electron chi connectivity index (χ0n) is 11.1. The first-order chi connectivity index (χ1) is 8.78. The van der Waals surface area contributed by atoms with Crippen LogP contribution in [0.3, 0.4) is 0 Å². The van der Waals surface area contributed by atoms with E-state index in [1.54, 1.807) is 0 Å². The molecular formula is C14H23BrN2S. The number of rotatable bonds is 6. The Labute approximate surface area is 123 Å². The molecular weight excluding hydrogens is 308 g/mol. The number of hydrogen-bond donors (Lipinski definition) is 1. The van der Waals surface area contributed by atoms with Gasteiger partial charge in [-0.25, -0.2) is 0 Å². The van der Waals surface area contributed by atoms with E-state index in [1.807, 2.05) is 11.3 Å². The largest absolute Gasteiger partial charge is 0.316 e. The molecule has 1 N–H and O–H groups in total. The van der Waals surface area contributed by atoms with Gasteiger partial charge in [-0.2, -0.15) is 0 Å². The number of hydrogen-bond acceptors (Lipinski definition) is 3. The van der Waals surface area contributed by atoms with Gasteiger partial charge in [-0.1, -0.05) is 6.92 Å². The summed E-state index contributed by atoms with van der Waals surface area (Å²) in [6.07, 6.45) is 3.98. The van der Waals surface area contributed by atoms with Crippen LogP contribution in [0.5, 0.6) is 0 Å². The van der Waals surface area contributed by atoms with E-state index in [9.17, 15) is 0 Å². The average Bonchev–Trinajstić information content (AvgIpc) is 2.76. The van der Waals surface area contributed by atoms with Crippen molar-refractivity contribution < 1.29 is 0 Å². The summed E-state index contributed by atoms with van der Waals surface area (Å²) in [7, 11) is 0. The third-order valence-corrected chi connectivity index (χ3v) is 5.14. The predicted octanol–water partition coefficient (Wildman–Crippen LogP) is 3.72. The minimum Gasteiger partial charge on any atom is -0.316 e. The molecule has 1 aliphatic heterocycles. The molecule has 1 aromatic heterocycles. The molecule has 0 bridgehead atoms. The van der Waals surface area contributed by atoms with E-state index in [0.717, 1.165) is 12.5 Å². The van der Waals surface area contributed by atoms with Crippen molar-refractivity contribution in [3.63, 3.8) is 0 Å². The van der Waals surface area contributed by atoms with Crippen molar-refractivity contribution in [1.29, 1.82) is 0 Å². The maximum atomic E-state index is 3.54. The van der Waals surface area contributed by atoms with Crippen LogP contribution in [0.15, 0.2) is 15.9 Å². The molecule has 4 heteroatoms. The summed E-state index contributed by atoms with van der Waals surface area (Å²) in [5.41, 5.74) is 0. The van der Waals surface area contributed by atoms with Crippen molar-refractivity contribution in [2.75, 3.05) is 26.2 Å². The Morgan fingerprint density at radius 1 is 1.56 bits per heavy atom. The zero-order chi connectivity index (χ0) is 12.8. The molecule has 1 fully saturated rings. The van der Waals surface area contributed by atoms with Crippen LogP contribution in [0.4, 0.5) is 0 Å². The van der Waals surface area contributed by atoms with Gasteiger partial charge in [0.15, 0.2) is 0 Å². The van der Waals surface area contributed by atoms with E-state index < -0.39 is 0 Å². The van der Waals surface area contributed by atoms with Crippen LogP contribution in [-0.4, -0.2) is 31.1 Å². The second-order valence-corrected chi connectivity index (χ2v) is 7.09. The van der Waals surface area contributed by atoms with Crippen molar-refractivity contribution >= 4 is 27.3 Å². The van der Waals surface area contributed by atoms with Crippen LogP contribution in [0.2, 0.25) is 0 Å². The molecule has 102 valence electrons. The van der Waals surface area contributed by atoms with E-state index in [0.29, 0.717) is 0 Å². The Morgan fingerprint density at radius 3 is 3.06 bits per heavy atom. The molecule has 18 heavy (non-hydrogen) atoms. The van der Waals surface area contributed by atoms with E-state index in [-0.39, 0.29) is 0 Å². The van der Waals surface area contributed by atoms with Crippen molar-refractivity contribution in [3.8, 4) is 0 Å². The second-order valence-electron chi connectivity index (χ2n) is 5.18. The van der Waals surface area contributed by atoms with Crippen LogP contribution >= 0.6 is 27.3 Å². The number of nitrogens with one attached hydrogen (secondary N) is 1. The molecule has 1 saturated heterocycles. The maximum Gasteiger partial charge on any atom is 0.0328 e. The van der Waals surface area contributed by atoms with Gasteiger partial charge in [0, 0.05) is 27.8 Å². The number of halogens is 1. The van der Waals surface area contributed by atoms with Crippen LogP contribution in [0.25, 0.3) is 0 Å². The molecule has 0 aromatic carbocycles. The van der Waals surface area contributed by atoms with E-state index >= 15 is 0 Å². The molecule has 1 aromatic rings. The van der Waals surface area contributed by atoms with Crippen LogP contribution in [0.1, 0.15) is 31.1 Å². The summed E-state index contributed by atoms with van der Waals surface area (Å²) < 4.78 is 1.22. The van der Waals surface area contributed by atoms with Gasteiger partial charge in [0.2, 0.25) is 0 Å². The summed E-state index contributed by atoms with van der Waals surface area (Å²) in [6, 6.07) is 2.26. The number of piperidine rings is 1. The van der Waals surface area contributed by atoms with Crippen molar-refractivity contribution in [1.82, 2.24) is 10.2 Å². The van der Waals surface area contributed by atoms with Gasteiger partial charge in [0.25, 0.3) is 0 Å². The average molecular weight is 331 g/mol. The standard InChI is InChI=1S/C14H23BrN2S/c1-2-6-17(9-12-4-3-5-16-8-12)10-14-7-13(15)11-18-14/h7,11-12,16H,2-6,8-10H2,1H3. The van der Waals surface area contributed by atoms with Gasteiger partial charge < -0.3 is 5.32 Å². The molecule has 2 rings (SSSR count). The molecule has 0 aliphatic carbocycles. The first kappa shape index (κ1) is 14.5. The Kier molecular flexibility index (Phi) is 6.15. The smallest absolute Gasteiger partial charge is 0.0328 e. The summed E-state index contributed by atoms with van der Waals surface area (Å²) in [5, 5.41) is 5.70. The highest BCUT2D eigenvalue weighted by atomic mass is 79.9. The van der Waals surface area contributed by atoms with Crippen LogP contribution in [0, 0.1) is 5.92 Å². The molecule has 2 heterocycles. The molecule has 0 spiro atoms.